The Hall–Kier alpha value is -2.46. The van der Waals surface area contributed by atoms with E-state index in [4.69, 9.17) is 5.26 Å². The third kappa shape index (κ3) is 2.60. The summed E-state index contributed by atoms with van der Waals surface area (Å²) in [6, 6.07) is 5.85. The zero-order chi connectivity index (χ0) is 14.7. The van der Waals surface area contributed by atoms with Crippen molar-refractivity contribution in [2.24, 2.45) is 0 Å². The Bertz CT molecular complexity index is 594. The van der Waals surface area contributed by atoms with Crippen LogP contribution in [-0.2, 0) is 0 Å². The summed E-state index contributed by atoms with van der Waals surface area (Å²) in [6.07, 6.45) is 0. The predicted molar refractivity (Wildman–Crippen MR) is 71.1 cm³/mol. The maximum Gasteiger partial charge on any atom is 0.282 e. The molecule has 1 aromatic rings. The van der Waals surface area contributed by atoms with Crippen molar-refractivity contribution < 1.29 is 9.72 Å². The number of amides is 1. The number of nitro groups is 1. The quantitative estimate of drug-likeness (QED) is 0.636. The molecule has 1 atom stereocenters. The van der Waals surface area contributed by atoms with Gasteiger partial charge in [-0.25, -0.2) is 0 Å². The summed E-state index contributed by atoms with van der Waals surface area (Å²) in [4.78, 5) is 24.3. The van der Waals surface area contributed by atoms with Gasteiger partial charge in [-0.15, -0.1) is 0 Å². The monoisotopic (exact) mass is 274 g/mol. The van der Waals surface area contributed by atoms with E-state index >= 15 is 0 Å². The van der Waals surface area contributed by atoms with Crippen molar-refractivity contribution in [1.82, 2.24) is 10.2 Å². The minimum atomic E-state index is -0.601. The van der Waals surface area contributed by atoms with Crippen LogP contribution in [0.25, 0.3) is 0 Å². The highest BCUT2D eigenvalue weighted by atomic mass is 16.6. The fraction of sp³-hybridized carbons (Fsp3) is 0.385. The Morgan fingerprint density at radius 2 is 2.35 bits per heavy atom. The smallest absolute Gasteiger partial charge is 0.282 e. The predicted octanol–water partition coefficient (Wildman–Crippen LogP) is 0.841. The Kier molecular flexibility index (Phi) is 3.96. The lowest BCUT2D eigenvalue weighted by atomic mass is 10.1. The third-order valence-electron chi connectivity index (χ3n) is 3.23. The molecule has 1 fully saturated rings. The molecule has 0 bridgehead atoms. The molecule has 1 N–H and O–H groups in total. The summed E-state index contributed by atoms with van der Waals surface area (Å²) in [7, 11) is 0. The van der Waals surface area contributed by atoms with E-state index in [1.807, 2.05) is 6.07 Å². The van der Waals surface area contributed by atoms with E-state index in [2.05, 4.69) is 5.32 Å². The van der Waals surface area contributed by atoms with Crippen LogP contribution in [0, 0.1) is 28.4 Å². The van der Waals surface area contributed by atoms with Crippen molar-refractivity contribution >= 4 is 11.6 Å². The first kappa shape index (κ1) is 14.0. The first-order chi connectivity index (χ1) is 9.54. The molecule has 7 nitrogen and oxygen atoms in total. The van der Waals surface area contributed by atoms with Crippen molar-refractivity contribution in [2.45, 2.75) is 13.0 Å². The van der Waals surface area contributed by atoms with Gasteiger partial charge in [-0.2, -0.15) is 5.26 Å². The molecule has 1 unspecified atom stereocenters. The van der Waals surface area contributed by atoms with Crippen molar-refractivity contribution in [3.05, 3.63) is 39.4 Å². The van der Waals surface area contributed by atoms with Crippen molar-refractivity contribution in [1.29, 1.82) is 5.26 Å². The molecule has 1 heterocycles. The molecule has 1 saturated heterocycles. The number of hydrogen-bond acceptors (Lipinski definition) is 5. The van der Waals surface area contributed by atoms with E-state index < -0.39 is 16.9 Å². The van der Waals surface area contributed by atoms with Gasteiger partial charge in [0.15, 0.2) is 0 Å². The molecule has 1 aliphatic rings. The second-order valence-corrected chi connectivity index (χ2v) is 4.63. The minimum absolute atomic E-state index is 0.0390. The molecule has 0 aromatic heterocycles. The second kappa shape index (κ2) is 5.67. The summed E-state index contributed by atoms with van der Waals surface area (Å²) in [5.41, 5.74) is 0.579. The average Bonchev–Trinajstić information content (AvgIpc) is 2.46. The van der Waals surface area contributed by atoms with Crippen LogP contribution in [0.3, 0.4) is 0 Å². The summed E-state index contributed by atoms with van der Waals surface area (Å²) in [5.74, 6) is -0.464. The highest BCUT2D eigenvalue weighted by molar-refractivity contribution is 5.98. The molecule has 20 heavy (non-hydrogen) atoms. The van der Waals surface area contributed by atoms with Crippen LogP contribution in [0.4, 0.5) is 5.69 Å². The molecule has 0 radical (unpaired) electrons. The van der Waals surface area contributed by atoms with Crippen LogP contribution in [-0.4, -0.2) is 41.4 Å². The minimum Gasteiger partial charge on any atom is -0.320 e. The van der Waals surface area contributed by atoms with Crippen molar-refractivity contribution in [3.8, 4) is 6.07 Å². The van der Waals surface area contributed by atoms with E-state index in [0.29, 0.717) is 19.6 Å². The van der Waals surface area contributed by atoms with Gasteiger partial charge in [-0.1, -0.05) is 6.07 Å². The standard InChI is InChI=1S/C13H14N4O3/c1-9-2-3-12(17(19)20)11(6-9)13(18)16-5-4-15-8-10(16)7-14/h2-3,6,10,15H,4-5,8H2,1H3. The van der Waals surface area contributed by atoms with Gasteiger partial charge < -0.3 is 10.2 Å². The van der Waals surface area contributed by atoms with E-state index in [0.717, 1.165) is 5.56 Å². The highest BCUT2D eigenvalue weighted by Crippen LogP contribution is 2.22. The molecule has 1 amide bonds. The van der Waals surface area contributed by atoms with Gasteiger partial charge in [-0.3, -0.25) is 14.9 Å². The molecule has 104 valence electrons. The lowest BCUT2D eigenvalue weighted by molar-refractivity contribution is -0.385. The Morgan fingerprint density at radius 3 is 3.00 bits per heavy atom. The zero-order valence-electron chi connectivity index (χ0n) is 11.0. The number of carbonyl (C=O) groups is 1. The Morgan fingerprint density at radius 1 is 1.60 bits per heavy atom. The first-order valence-electron chi connectivity index (χ1n) is 6.21. The van der Waals surface area contributed by atoms with E-state index in [1.165, 1.54) is 17.0 Å². The second-order valence-electron chi connectivity index (χ2n) is 4.63. The van der Waals surface area contributed by atoms with Gasteiger partial charge in [-0.05, 0) is 18.6 Å². The third-order valence-corrected chi connectivity index (χ3v) is 3.23. The Labute approximate surface area is 115 Å². The molecular weight excluding hydrogens is 260 g/mol. The zero-order valence-corrected chi connectivity index (χ0v) is 11.0. The number of aryl methyl sites for hydroxylation is 1. The normalized spacial score (nSPS) is 18.4. The largest absolute Gasteiger partial charge is 0.320 e. The van der Waals surface area contributed by atoms with Gasteiger partial charge in [0.25, 0.3) is 11.6 Å². The van der Waals surface area contributed by atoms with Crippen LogP contribution in [0.2, 0.25) is 0 Å². The average molecular weight is 274 g/mol. The molecule has 7 heteroatoms. The van der Waals surface area contributed by atoms with Crippen LogP contribution < -0.4 is 5.32 Å². The molecular formula is C13H14N4O3. The molecule has 0 saturated carbocycles. The van der Waals surface area contributed by atoms with Gasteiger partial charge >= 0.3 is 0 Å². The molecule has 0 aliphatic carbocycles. The van der Waals surface area contributed by atoms with Crippen LogP contribution in [0.5, 0.6) is 0 Å². The first-order valence-corrected chi connectivity index (χ1v) is 6.21. The summed E-state index contributed by atoms with van der Waals surface area (Å²) in [5, 5.41) is 23.1. The number of nitro benzene ring substituents is 1. The van der Waals surface area contributed by atoms with Crippen molar-refractivity contribution in [2.75, 3.05) is 19.6 Å². The van der Waals surface area contributed by atoms with Crippen LogP contribution >= 0.6 is 0 Å². The number of carbonyl (C=O) groups excluding carboxylic acids is 1. The molecule has 2 rings (SSSR count). The maximum atomic E-state index is 12.5. The fourth-order valence-corrected chi connectivity index (χ4v) is 2.20. The topological polar surface area (TPSA) is 99.3 Å². The number of piperazine rings is 1. The summed E-state index contributed by atoms with van der Waals surface area (Å²) in [6.45, 7) is 3.08. The van der Waals surface area contributed by atoms with E-state index in [9.17, 15) is 14.9 Å². The van der Waals surface area contributed by atoms with Crippen LogP contribution in [0.1, 0.15) is 15.9 Å². The summed E-state index contributed by atoms with van der Waals surface area (Å²) >= 11 is 0. The van der Waals surface area contributed by atoms with Crippen molar-refractivity contribution in [3.63, 3.8) is 0 Å². The van der Waals surface area contributed by atoms with Gasteiger partial charge in [0.2, 0.25) is 0 Å². The van der Waals surface area contributed by atoms with E-state index in [1.54, 1.807) is 13.0 Å². The Balaban J connectivity index is 2.40. The maximum absolute atomic E-state index is 12.5. The van der Waals surface area contributed by atoms with Crippen LogP contribution in [0.15, 0.2) is 18.2 Å². The molecule has 1 aliphatic heterocycles. The lowest BCUT2D eigenvalue weighted by Gasteiger charge is -2.31. The number of nitrogens with one attached hydrogen (secondary N) is 1. The fourth-order valence-electron chi connectivity index (χ4n) is 2.20. The molecule has 1 aromatic carbocycles. The number of benzene rings is 1. The van der Waals surface area contributed by atoms with E-state index in [-0.39, 0.29) is 11.3 Å². The summed E-state index contributed by atoms with van der Waals surface area (Å²) < 4.78 is 0. The molecule has 0 spiro atoms. The number of hydrogen-bond donors (Lipinski definition) is 1. The SMILES string of the molecule is Cc1ccc([N+](=O)[O-])c(C(=O)N2CCNCC2C#N)c1. The van der Waals surface area contributed by atoms with Gasteiger partial charge in [0.1, 0.15) is 11.6 Å². The number of rotatable bonds is 2. The highest BCUT2D eigenvalue weighted by Gasteiger charge is 2.31. The number of nitriles is 1. The van der Waals surface area contributed by atoms with Gasteiger partial charge in [0, 0.05) is 25.7 Å². The number of nitrogens with zero attached hydrogens (tertiary/aromatic N) is 3. The lowest BCUT2D eigenvalue weighted by Crippen LogP contribution is -2.53. The van der Waals surface area contributed by atoms with Gasteiger partial charge in [0.05, 0.1) is 11.0 Å².